The van der Waals surface area contributed by atoms with Crippen LogP contribution in [0.2, 0.25) is 0 Å². The monoisotopic (exact) mass is 211 g/mol. The smallest absolute Gasteiger partial charge is 0.0991 e. The predicted octanol–water partition coefficient (Wildman–Crippen LogP) is 4.35. The van der Waals surface area contributed by atoms with Gasteiger partial charge in [0, 0.05) is 0 Å². The van der Waals surface area contributed by atoms with E-state index in [1.807, 2.05) is 32.0 Å². The summed E-state index contributed by atoms with van der Waals surface area (Å²) in [4.78, 5) is 0. The third-order valence-electron chi connectivity index (χ3n) is 2.69. The average Bonchev–Trinajstić information content (AvgIpc) is 2.36. The van der Waals surface area contributed by atoms with Gasteiger partial charge in [0.25, 0.3) is 0 Å². The van der Waals surface area contributed by atoms with Crippen LogP contribution in [0.25, 0.3) is 10.8 Å². The normalized spacial score (nSPS) is 9.19. The van der Waals surface area contributed by atoms with Gasteiger partial charge in [0.2, 0.25) is 0 Å². The molecule has 16 heavy (non-hydrogen) atoms. The summed E-state index contributed by atoms with van der Waals surface area (Å²) in [6, 6.07) is 12.2. The number of hydrogen-bond acceptors (Lipinski definition) is 1. The van der Waals surface area contributed by atoms with Crippen molar-refractivity contribution >= 4 is 10.8 Å². The highest BCUT2D eigenvalue weighted by atomic mass is 14.2. The molecule has 1 nitrogen and oxygen atoms in total. The van der Waals surface area contributed by atoms with Gasteiger partial charge in [0.1, 0.15) is 0 Å². The fourth-order valence-electron chi connectivity index (χ4n) is 1.65. The molecule has 2 rings (SSSR count). The van der Waals surface area contributed by atoms with E-state index in [4.69, 9.17) is 5.26 Å². The zero-order valence-electron chi connectivity index (χ0n) is 10.3. The molecule has 0 heterocycles. The first-order valence-electron chi connectivity index (χ1n) is 5.62. The topological polar surface area (TPSA) is 23.8 Å². The summed E-state index contributed by atoms with van der Waals surface area (Å²) in [5.74, 6) is 0. The second kappa shape index (κ2) is 5.32. The summed E-state index contributed by atoms with van der Waals surface area (Å²) in [6.45, 7) is 8.19. The lowest BCUT2D eigenvalue weighted by atomic mass is 9.99. The number of benzene rings is 2. The lowest BCUT2D eigenvalue weighted by Crippen LogP contribution is -1.84. The zero-order chi connectivity index (χ0) is 12.1. The van der Waals surface area contributed by atoms with Gasteiger partial charge in [-0.05, 0) is 47.9 Å². The number of nitriles is 1. The number of nitrogens with zero attached hydrogens (tertiary/aromatic N) is 1. The van der Waals surface area contributed by atoms with E-state index in [-0.39, 0.29) is 0 Å². The van der Waals surface area contributed by atoms with E-state index in [0.717, 1.165) is 5.56 Å². The minimum atomic E-state index is 0.728. The number of hydrogen-bond donors (Lipinski definition) is 0. The van der Waals surface area contributed by atoms with Crippen molar-refractivity contribution in [2.45, 2.75) is 27.7 Å². The summed E-state index contributed by atoms with van der Waals surface area (Å²) >= 11 is 0. The van der Waals surface area contributed by atoms with Gasteiger partial charge in [-0.15, -0.1) is 0 Å². The predicted molar refractivity (Wildman–Crippen MR) is 69.5 cm³/mol. The Morgan fingerprint density at radius 1 is 1.00 bits per heavy atom. The number of fused-ring (bicyclic) bond motifs is 1. The maximum atomic E-state index is 8.81. The molecule has 0 N–H and O–H groups in total. The van der Waals surface area contributed by atoms with Gasteiger partial charge in [-0.3, -0.25) is 0 Å². The van der Waals surface area contributed by atoms with Crippen LogP contribution in [-0.4, -0.2) is 0 Å². The second-order valence-electron chi connectivity index (χ2n) is 3.56. The molecule has 0 radical (unpaired) electrons. The maximum absolute atomic E-state index is 8.81. The molecule has 0 saturated carbocycles. The Bertz CT molecular complexity index is 533. The molecule has 0 saturated heterocycles. The molecule has 0 spiro atoms. The van der Waals surface area contributed by atoms with Crippen molar-refractivity contribution < 1.29 is 0 Å². The van der Waals surface area contributed by atoms with Crippen LogP contribution >= 0.6 is 0 Å². The highest BCUT2D eigenvalue weighted by molar-refractivity contribution is 5.87. The Morgan fingerprint density at radius 2 is 1.62 bits per heavy atom. The van der Waals surface area contributed by atoms with Crippen LogP contribution in [0.3, 0.4) is 0 Å². The molecule has 2 aromatic carbocycles. The van der Waals surface area contributed by atoms with Gasteiger partial charge < -0.3 is 0 Å². The lowest BCUT2D eigenvalue weighted by molar-refractivity contribution is 1.38. The average molecular weight is 211 g/mol. The van der Waals surface area contributed by atoms with Gasteiger partial charge in [-0.25, -0.2) is 0 Å². The molecular formula is C15H17N. The van der Waals surface area contributed by atoms with Crippen LogP contribution in [0.1, 0.15) is 30.5 Å². The molecule has 0 unspecified atom stereocenters. The van der Waals surface area contributed by atoms with E-state index in [9.17, 15) is 0 Å². The third kappa shape index (κ3) is 2.23. The van der Waals surface area contributed by atoms with Crippen LogP contribution in [0.5, 0.6) is 0 Å². The van der Waals surface area contributed by atoms with Crippen LogP contribution < -0.4 is 0 Å². The van der Waals surface area contributed by atoms with Crippen molar-refractivity contribution in [3.8, 4) is 6.07 Å². The largest absolute Gasteiger partial charge is 0.192 e. The van der Waals surface area contributed by atoms with Crippen molar-refractivity contribution in [2.24, 2.45) is 0 Å². The Kier molecular flexibility index (Phi) is 4.08. The first-order chi connectivity index (χ1) is 7.72. The molecule has 0 aliphatic carbocycles. The molecule has 0 aliphatic heterocycles. The summed E-state index contributed by atoms with van der Waals surface area (Å²) in [5, 5.41) is 11.2. The zero-order valence-corrected chi connectivity index (χ0v) is 10.3. The van der Waals surface area contributed by atoms with Gasteiger partial charge in [0.05, 0.1) is 11.6 Å². The highest BCUT2D eigenvalue weighted by Crippen LogP contribution is 2.22. The first-order valence-corrected chi connectivity index (χ1v) is 5.62. The van der Waals surface area contributed by atoms with Crippen molar-refractivity contribution in [2.75, 3.05) is 0 Å². The molecule has 0 aliphatic rings. The first kappa shape index (κ1) is 12.3. The maximum Gasteiger partial charge on any atom is 0.0991 e. The van der Waals surface area contributed by atoms with Crippen molar-refractivity contribution in [3.63, 3.8) is 0 Å². The van der Waals surface area contributed by atoms with Gasteiger partial charge in [-0.2, -0.15) is 5.26 Å². The number of aryl methyl sites for hydroxylation is 2. The van der Waals surface area contributed by atoms with Crippen molar-refractivity contribution in [3.05, 3.63) is 47.0 Å². The SMILES string of the molecule is CC.Cc1ccc2ccc(C#N)cc2c1C. The molecule has 1 heteroatoms. The quantitative estimate of drug-likeness (QED) is 0.635. The minimum Gasteiger partial charge on any atom is -0.192 e. The van der Waals surface area contributed by atoms with E-state index in [0.29, 0.717) is 0 Å². The van der Waals surface area contributed by atoms with Crippen LogP contribution in [0.4, 0.5) is 0 Å². The van der Waals surface area contributed by atoms with Crippen molar-refractivity contribution in [1.29, 1.82) is 5.26 Å². The molecule has 0 amide bonds. The molecule has 0 bridgehead atoms. The highest BCUT2D eigenvalue weighted by Gasteiger charge is 2.00. The molecular weight excluding hydrogens is 194 g/mol. The molecule has 0 fully saturated rings. The Hall–Kier alpha value is -1.81. The summed E-state index contributed by atoms with van der Waals surface area (Å²) < 4.78 is 0. The summed E-state index contributed by atoms with van der Waals surface area (Å²) in [5.41, 5.74) is 3.26. The van der Waals surface area contributed by atoms with E-state index < -0.39 is 0 Å². The van der Waals surface area contributed by atoms with Crippen LogP contribution in [-0.2, 0) is 0 Å². The van der Waals surface area contributed by atoms with Crippen molar-refractivity contribution in [1.82, 2.24) is 0 Å². The third-order valence-corrected chi connectivity index (χ3v) is 2.69. The van der Waals surface area contributed by atoms with Crippen LogP contribution in [0.15, 0.2) is 30.3 Å². The standard InChI is InChI=1S/C13H11N.C2H6/c1-9-3-5-12-6-4-11(8-14)7-13(12)10(9)2;1-2/h3-7H,1-2H3;1-2H3. The second-order valence-corrected chi connectivity index (χ2v) is 3.56. The molecule has 0 atom stereocenters. The number of rotatable bonds is 0. The summed E-state index contributed by atoms with van der Waals surface area (Å²) in [6.07, 6.45) is 0. The minimum absolute atomic E-state index is 0.728. The molecule has 0 aromatic heterocycles. The summed E-state index contributed by atoms with van der Waals surface area (Å²) in [7, 11) is 0. The van der Waals surface area contributed by atoms with Gasteiger partial charge >= 0.3 is 0 Å². The fourth-order valence-corrected chi connectivity index (χ4v) is 1.65. The van der Waals surface area contributed by atoms with Crippen LogP contribution in [0, 0.1) is 25.2 Å². The Labute approximate surface area is 97.3 Å². The molecule has 82 valence electrons. The van der Waals surface area contributed by atoms with Gasteiger partial charge in [-0.1, -0.05) is 32.0 Å². The van der Waals surface area contributed by atoms with E-state index in [1.165, 1.54) is 21.9 Å². The molecule has 2 aromatic rings. The van der Waals surface area contributed by atoms with E-state index in [2.05, 4.69) is 32.0 Å². The Morgan fingerprint density at radius 3 is 2.25 bits per heavy atom. The fraction of sp³-hybridized carbons (Fsp3) is 0.267. The Balaban J connectivity index is 0.000000606. The van der Waals surface area contributed by atoms with E-state index >= 15 is 0 Å². The lowest BCUT2D eigenvalue weighted by Gasteiger charge is -2.05. The van der Waals surface area contributed by atoms with E-state index in [1.54, 1.807) is 0 Å². The van der Waals surface area contributed by atoms with Gasteiger partial charge in [0.15, 0.2) is 0 Å².